The maximum atomic E-state index is 13.0. The van der Waals surface area contributed by atoms with Crippen LogP contribution in [0.3, 0.4) is 0 Å². The van der Waals surface area contributed by atoms with E-state index in [-0.39, 0.29) is 11.4 Å². The first-order valence-electron chi connectivity index (χ1n) is 10.6. The van der Waals surface area contributed by atoms with E-state index in [0.29, 0.717) is 11.3 Å². The zero-order chi connectivity index (χ0) is 22.1. The third-order valence-electron chi connectivity index (χ3n) is 6.33. The molecule has 2 heterocycles. The number of ether oxygens (including phenoxy) is 2. The van der Waals surface area contributed by atoms with Gasteiger partial charge in [0, 0.05) is 42.5 Å². The number of carbonyl (C=O) groups excluding carboxylic acids is 1. The molecule has 158 valence electrons. The Kier molecular flexibility index (Phi) is 4.04. The lowest BCUT2D eigenvalue weighted by molar-refractivity contribution is 0.0224. The molecule has 0 bridgehead atoms. The van der Waals surface area contributed by atoms with Crippen LogP contribution < -0.4 is 9.64 Å². The summed E-state index contributed by atoms with van der Waals surface area (Å²) in [6.45, 7) is 8.58. The van der Waals surface area contributed by atoms with Gasteiger partial charge in [0.1, 0.15) is 11.5 Å². The summed E-state index contributed by atoms with van der Waals surface area (Å²) in [6, 6.07) is 18.2. The summed E-state index contributed by atoms with van der Waals surface area (Å²) in [7, 11) is 4.00. The number of aryl methyl sites for hydroxylation is 1. The molecule has 0 aliphatic carbocycles. The second kappa shape index (κ2) is 6.36. The fourth-order valence-electron chi connectivity index (χ4n) is 4.57. The summed E-state index contributed by atoms with van der Waals surface area (Å²) in [5.74, 6) is 1.15. The van der Waals surface area contributed by atoms with Crippen molar-refractivity contribution in [3.8, 4) is 11.5 Å². The number of carbonyl (C=O) groups is 1. The van der Waals surface area contributed by atoms with Crippen molar-refractivity contribution in [1.29, 1.82) is 0 Å². The van der Waals surface area contributed by atoms with E-state index in [4.69, 9.17) is 9.47 Å². The Labute approximate surface area is 183 Å². The maximum absolute atomic E-state index is 13.0. The summed E-state index contributed by atoms with van der Waals surface area (Å²) >= 11 is 0. The lowest BCUT2D eigenvalue weighted by Gasteiger charge is -2.37. The number of nitrogens with zero attached hydrogens (tertiary/aromatic N) is 1. The molecule has 4 heteroatoms. The highest BCUT2D eigenvalue weighted by Gasteiger charge is 2.53. The number of fused-ring (bicyclic) bond motifs is 6. The summed E-state index contributed by atoms with van der Waals surface area (Å²) < 4.78 is 12.7. The Bertz CT molecular complexity index is 1240. The van der Waals surface area contributed by atoms with Gasteiger partial charge < -0.3 is 14.4 Å². The zero-order valence-electron chi connectivity index (χ0n) is 18.9. The predicted octanol–water partition coefficient (Wildman–Crippen LogP) is 5.93. The second-order valence-electron chi connectivity index (χ2n) is 9.76. The predicted molar refractivity (Wildman–Crippen MR) is 122 cm³/mol. The molecule has 5 rings (SSSR count). The lowest BCUT2D eigenvalue weighted by Crippen LogP contribution is -2.33. The third kappa shape index (κ3) is 2.78. The standard InChI is InChI=1S/C27H27NO3/c1-16-7-10-19-22(13-16)27(31-25(19)29)20-11-8-17(26(2,3)4)14-23(20)30-24-15-18(28(5)6)9-12-21(24)27/h7-15H,1-6H3. The van der Waals surface area contributed by atoms with E-state index in [2.05, 4.69) is 45.0 Å². The van der Waals surface area contributed by atoms with Gasteiger partial charge in [-0.3, -0.25) is 0 Å². The Balaban J connectivity index is 1.85. The van der Waals surface area contributed by atoms with Crippen molar-refractivity contribution in [2.24, 2.45) is 0 Å². The summed E-state index contributed by atoms with van der Waals surface area (Å²) in [6.07, 6.45) is 0. The van der Waals surface area contributed by atoms with Gasteiger partial charge in [-0.1, -0.05) is 50.6 Å². The molecule has 0 fully saturated rings. The van der Waals surface area contributed by atoms with Crippen molar-refractivity contribution < 1.29 is 14.3 Å². The van der Waals surface area contributed by atoms with Crippen LogP contribution in [0.1, 0.15) is 58.9 Å². The van der Waals surface area contributed by atoms with Gasteiger partial charge in [-0.2, -0.15) is 0 Å². The Hall–Kier alpha value is -3.27. The minimum atomic E-state index is -1.01. The maximum Gasteiger partial charge on any atom is 0.340 e. The topological polar surface area (TPSA) is 38.8 Å². The number of esters is 1. The Morgan fingerprint density at radius 2 is 1.52 bits per heavy atom. The van der Waals surface area contributed by atoms with Crippen LogP contribution >= 0.6 is 0 Å². The normalized spacial score (nSPS) is 18.7. The van der Waals surface area contributed by atoms with Crippen LogP contribution in [0.5, 0.6) is 11.5 Å². The van der Waals surface area contributed by atoms with E-state index < -0.39 is 5.60 Å². The van der Waals surface area contributed by atoms with Crippen LogP contribution in [-0.2, 0) is 15.8 Å². The van der Waals surface area contributed by atoms with E-state index in [1.165, 1.54) is 5.56 Å². The minimum Gasteiger partial charge on any atom is -0.456 e. The van der Waals surface area contributed by atoms with E-state index in [9.17, 15) is 4.79 Å². The van der Waals surface area contributed by atoms with Crippen LogP contribution in [0.15, 0.2) is 54.6 Å². The van der Waals surface area contributed by atoms with Crippen LogP contribution in [-0.4, -0.2) is 20.1 Å². The van der Waals surface area contributed by atoms with Gasteiger partial charge in [0.2, 0.25) is 0 Å². The molecule has 0 saturated carbocycles. The fraction of sp³-hybridized carbons (Fsp3) is 0.296. The van der Waals surface area contributed by atoms with Crippen LogP contribution in [0.2, 0.25) is 0 Å². The number of rotatable bonds is 1. The molecule has 0 amide bonds. The number of anilines is 1. The van der Waals surface area contributed by atoms with Crippen LogP contribution in [0.25, 0.3) is 0 Å². The first-order valence-corrected chi connectivity index (χ1v) is 10.6. The summed E-state index contributed by atoms with van der Waals surface area (Å²) in [5, 5.41) is 0. The van der Waals surface area contributed by atoms with Gasteiger partial charge >= 0.3 is 5.97 Å². The third-order valence-corrected chi connectivity index (χ3v) is 6.33. The van der Waals surface area contributed by atoms with Gasteiger partial charge in [0.15, 0.2) is 5.60 Å². The highest BCUT2D eigenvalue weighted by atomic mass is 16.6. The van der Waals surface area contributed by atoms with Gasteiger partial charge in [-0.25, -0.2) is 4.79 Å². The monoisotopic (exact) mass is 413 g/mol. The quantitative estimate of drug-likeness (QED) is 0.464. The van der Waals surface area contributed by atoms with E-state index in [0.717, 1.165) is 33.7 Å². The highest BCUT2D eigenvalue weighted by molar-refractivity contribution is 5.97. The van der Waals surface area contributed by atoms with Crippen molar-refractivity contribution in [3.05, 3.63) is 88.0 Å². The Morgan fingerprint density at radius 3 is 2.19 bits per heavy atom. The minimum absolute atomic E-state index is 0.0296. The molecule has 3 aromatic rings. The molecule has 3 aromatic carbocycles. The molecule has 1 spiro atoms. The molecule has 2 aliphatic heterocycles. The molecule has 0 N–H and O–H groups in total. The van der Waals surface area contributed by atoms with Crippen molar-refractivity contribution >= 4 is 11.7 Å². The zero-order valence-corrected chi connectivity index (χ0v) is 18.9. The molecule has 1 atom stereocenters. The molecule has 31 heavy (non-hydrogen) atoms. The molecular formula is C27H27NO3. The SMILES string of the molecule is Cc1ccc2c(c1)C1(OC2=O)c2ccc(N(C)C)cc2Oc2cc(C(C)(C)C)ccc21. The Morgan fingerprint density at radius 1 is 0.839 bits per heavy atom. The molecular weight excluding hydrogens is 386 g/mol. The van der Waals surface area contributed by atoms with Crippen molar-refractivity contribution in [2.75, 3.05) is 19.0 Å². The largest absolute Gasteiger partial charge is 0.456 e. The van der Waals surface area contributed by atoms with Crippen molar-refractivity contribution in [3.63, 3.8) is 0 Å². The molecule has 2 aliphatic rings. The fourth-order valence-corrected chi connectivity index (χ4v) is 4.57. The molecule has 0 radical (unpaired) electrons. The molecule has 4 nitrogen and oxygen atoms in total. The number of benzene rings is 3. The van der Waals surface area contributed by atoms with E-state index in [1.807, 2.05) is 56.3 Å². The first-order chi connectivity index (χ1) is 14.6. The first kappa shape index (κ1) is 19.7. The lowest BCUT2D eigenvalue weighted by atomic mass is 9.76. The number of hydrogen-bond acceptors (Lipinski definition) is 4. The van der Waals surface area contributed by atoms with Crippen LogP contribution in [0, 0.1) is 6.92 Å². The summed E-state index contributed by atoms with van der Waals surface area (Å²) in [4.78, 5) is 15.0. The van der Waals surface area contributed by atoms with E-state index >= 15 is 0 Å². The average molecular weight is 414 g/mol. The summed E-state index contributed by atoms with van der Waals surface area (Å²) in [5.41, 5.74) is 5.45. The molecule has 1 unspecified atom stereocenters. The smallest absolute Gasteiger partial charge is 0.340 e. The number of hydrogen-bond donors (Lipinski definition) is 0. The van der Waals surface area contributed by atoms with Gasteiger partial charge in [0.05, 0.1) is 5.56 Å². The van der Waals surface area contributed by atoms with E-state index in [1.54, 1.807) is 0 Å². The van der Waals surface area contributed by atoms with Gasteiger partial charge in [0.25, 0.3) is 0 Å². The highest BCUT2D eigenvalue weighted by Crippen LogP contribution is 2.57. The molecule has 0 aromatic heterocycles. The van der Waals surface area contributed by atoms with Gasteiger partial charge in [-0.05, 0) is 42.2 Å². The van der Waals surface area contributed by atoms with Crippen molar-refractivity contribution in [2.45, 2.75) is 38.7 Å². The second-order valence-corrected chi connectivity index (χ2v) is 9.76. The van der Waals surface area contributed by atoms with Crippen molar-refractivity contribution in [1.82, 2.24) is 0 Å². The van der Waals surface area contributed by atoms with Gasteiger partial charge in [-0.15, -0.1) is 0 Å². The molecule has 0 saturated heterocycles. The van der Waals surface area contributed by atoms with Crippen LogP contribution in [0.4, 0.5) is 5.69 Å². The average Bonchev–Trinajstić information content (AvgIpc) is 2.99.